The Kier molecular flexibility index (Phi) is 9.19. The molecule has 200 valence electrons. The second-order valence-corrected chi connectivity index (χ2v) is 10.6. The minimum absolute atomic E-state index is 0.0602. The summed E-state index contributed by atoms with van der Waals surface area (Å²) in [5, 5.41) is 3.02. The standard InChI is InChI=1S/C30H40FN3O3/c1-4-27(30(36)32-13-17-33-14-5-6-15-33)37-25-11-10-22-12-16-34(28(35)18-21(2)3)29(26(22)20-25)23-8-7-9-24(31)19-23/h7-11,19-21,27,29H,4-6,12-18H2,1-3H3,(H,32,36)/t27-,29+/m1/s1. The predicted molar refractivity (Wildman–Crippen MR) is 143 cm³/mol. The fourth-order valence-corrected chi connectivity index (χ4v) is 5.38. The Morgan fingerprint density at radius 2 is 1.89 bits per heavy atom. The second-order valence-electron chi connectivity index (χ2n) is 10.6. The zero-order valence-electron chi connectivity index (χ0n) is 22.3. The first-order valence-corrected chi connectivity index (χ1v) is 13.7. The zero-order chi connectivity index (χ0) is 26.4. The Labute approximate surface area is 220 Å². The molecule has 6 nitrogen and oxygen atoms in total. The molecule has 0 spiro atoms. The maximum atomic E-state index is 14.2. The van der Waals surface area contributed by atoms with E-state index in [0.29, 0.717) is 31.7 Å². The summed E-state index contributed by atoms with van der Waals surface area (Å²) in [6.07, 6.45) is 3.55. The number of likely N-dealkylation sites (tertiary alicyclic amines) is 1. The normalized spacial score (nSPS) is 18.5. The summed E-state index contributed by atoms with van der Waals surface area (Å²) < 4.78 is 20.4. The highest BCUT2D eigenvalue weighted by atomic mass is 19.1. The lowest BCUT2D eigenvalue weighted by atomic mass is 9.87. The van der Waals surface area contributed by atoms with Crippen LogP contribution in [-0.4, -0.2) is 60.4 Å². The number of carbonyl (C=O) groups is 2. The van der Waals surface area contributed by atoms with Crippen molar-refractivity contribution in [3.63, 3.8) is 0 Å². The number of amides is 2. The molecule has 2 aromatic carbocycles. The number of rotatable bonds is 10. The van der Waals surface area contributed by atoms with Gasteiger partial charge in [-0.25, -0.2) is 4.39 Å². The molecule has 0 bridgehead atoms. The highest BCUT2D eigenvalue weighted by molar-refractivity contribution is 5.81. The number of nitrogens with zero attached hydrogens (tertiary/aromatic N) is 2. The first-order chi connectivity index (χ1) is 17.9. The molecule has 4 rings (SSSR count). The fraction of sp³-hybridized carbons (Fsp3) is 0.533. The van der Waals surface area contributed by atoms with E-state index in [1.807, 2.05) is 49.9 Å². The van der Waals surface area contributed by atoms with E-state index in [1.165, 1.54) is 25.0 Å². The molecule has 1 fully saturated rings. The lowest BCUT2D eigenvalue weighted by molar-refractivity contribution is -0.134. The van der Waals surface area contributed by atoms with Crippen LogP contribution in [0.1, 0.15) is 69.2 Å². The van der Waals surface area contributed by atoms with Gasteiger partial charge in [0, 0.05) is 26.1 Å². The van der Waals surface area contributed by atoms with Gasteiger partial charge in [0.2, 0.25) is 5.91 Å². The van der Waals surface area contributed by atoms with Crippen LogP contribution in [0.4, 0.5) is 4.39 Å². The highest BCUT2D eigenvalue weighted by Gasteiger charge is 2.33. The Morgan fingerprint density at radius 1 is 1.11 bits per heavy atom. The quantitative estimate of drug-likeness (QED) is 0.504. The van der Waals surface area contributed by atoms with Crippen molar-refractivity contribution in [3.05, 3.63) is 65.0 Å². The van der Waals surface area contributed by atoms with Crippen LogP contribution in [0.25, 0.3) is 0 Å². The number of halogens is 1. The van der Waals surface area contributed by atoms with Gasteiger partial charge in [0.15, 0.2) is 6.10 Å². The summed E-state index contributed by atoms with van der Waals surface area (Å²) in [6.45, 7) is 10.2. The molecule has 0 aromatic heterocycles. The lowest BCUT2D eigenvalue weighted by Crippen LogP contribution is -2.42. The van der Waals surface area contributed by atoms with E-state index in [4.69, 9.17) is 4.74 Å². The molecule has 0 radical (unpaired) electrons. The summed E-state index contributed by atoms with van der Waals surface area (Å²) >= 11 is 0. The number of hydrogen-bond donors (Lipinski definition) is 1. The summed E-state index contributed by atoms with van der Waals surface area (Å²) in [5.74, 6) is 0.427. The van der Waals surface area contributed by atoms with Crippen molar-refractivity contribution in [1.82, 2.24) is 15.1 Å². The van der Waals surface area contributed by atoms with E-state index in [9.17, 15) is 14.0 Å². The average molecular weight is 510 g/mol. The van der Waals surface area contributed by atoms with E-state index in [-0.39, 0.29) is 23.5 Å². The molecule has 1 saturated heterocycles. The van der Waals surface area contributed by atoms with E-state index < -0.39 is 12.1 Å². The molecule has 2 amide bonds. The zero-order valence-corrected chi connectivity index (χ0v) is 22.3. The smallest absolute Gasteiger partial charge is 0.261 e. The van der Waals surface area contributed by atoms with Crippen LogP contribution in [0.15, 0.2) is 42.5 Å². The monoisotopic (exact) mass is 509 g/mol. The molecule has 2 aromatic rings. The second kappa shape index (κ2) is 12.5. The Hall–Kier alpha value is -2.93. The summed E-state index contributed by atoms with van der Waals surface area (Å²) in [6, 6.07) is 11.9. The van der Waals surface area contributed by atoms with Crippen LogP contribution in [0.3, 0.4) is 0 Å². The molecule has 2 atom stereocenters. The highest BCUT2D eigenvalue weighted by Crippen LogP contribution is 2.38. The van der Waals surface area contributed by atoms with Gasteiger partial charge in [-0.15, -0.1) is 0 Å². The largest absolute Gasteiger partial charge is 0.481 e. The van der Waals surface area contributed by atoms with Gasteiger partial charge in [-0.2, -0.15) is 0 Å². The van der Waals surface area contributed by atoms with Crippen LogP contribution < -0.4 is 10.1 Å². The molecular formula is C30H40FN3O3. The summed E-state index contributed by atoms with van der Waals surface area (Å²) in [7, 11) is 0. The molecule has 2 aliphatic rings. The first-order valence-electron chi connectivity index (χ1n) is 13.7. The number of nitrogens with one attached hydrogen (secondary N) is 1. The SMILES string of the molecule is CC[C@@H](Oc1ccc2c(c1)[C@H](c1cccc(F)c1)N(C(=O)CC(C)C)CC2)C(=O)NCCN1CCCC1. The third-order valence-electron chi connectivity index (χ3n) is 7.28. The number of hydrogen-bond acceptors (Lipinski definition) is 4. The van der Waals surface area contributed by atoms with Gasteiger partial charge in [0.05, 0.1) is 6.04 Å². The molecule has 7 heteroatoms. The van der Waals surface area contributed by atoms with E-state index in [1.54, 1.807) is 6.07 Å². The Bertz CT molecular complexity index is 1080. The third kappa shape index (κ3) is 6.89. The molecular weight excluding hydrogens is 469 g/mol. The van der Waals surface area contributed by atoms with Crippen LogP contribution in [-0.2, 0) is 16.0 Å². The maximum Gasteiger partial charge on any atom is 0.261 e. The number of carbonyl (C=O) groups excluding carboxylic acids is 2. The molecule has 0 saturated carbocycles. The van der Waals surface area contributed by atoms with Gasteiger partial charge >= 0.3 is 0 Å². The van der Waals surface area contributed by atoms with Crippen LogP contribution in [0.5, 0.6) is 5.75 Å². The predicted octanol–water partition coefficient (Wildman–Crippen LogP) is 4.72. The topological polar surface area (TPSA) is 61.9 Å². The van der Waals surface area contributed by atoms with Crippen LogP contribution in [0, 0.1) is 11.7 Å². The molecule has 2 heterocycles. The maximum absolute atomic E-state index is 14.2. The van der Waals surface area contributed by atoms with Gasteiger partial charge < -0.3 is 19.9 Å². The van der Waals surface area contributed by atoms with Gasteiger partial charge in [0.25, 0.3) is 5.91 Å². The van der Waals surface area contributed by atoms with Crippen LogP contribution in [0.2, 0.25) is 0 Å². The van der Waals surface area contributed by atoms with Gasteiger partial charge in [0.1, 0.15) is 11.6 Å². The number of fused-ring (bicyclic) bond motifs is 1. The summed E-state index contributed by atoms with van der Waals surface area (Å²) in [5.41, 5.74) is 2.77. The first kappa shape index (κ1) is 27.1. The average Bonchev–Trinajstić information content (AvgIpc) is 3.39. The van der Waals surface area contributed by atoms with Crippen molar-refractivity contribution in [1.29, 1.82) is 0 Å². The molecule has 1 N–H and O–H groups in total. The number of benzene rings is 2. The van der Waals surface area contributed by atoms with E-state index in [0.717, 1.165) is 42.7 Å². The van der Waals surface area contributed by atoms with Crippen molar-refractivity contribution in [2.45, 2.75) is 65.0 Å². The minimum Gasteiger partial charge on any atom is -0.481 e. The number of ether oxygens (including phenoxy) is 1. The lowest BCUT2D eigenvalue weighted by Gasteiger charge is -2.38. The van der Waals surface area contributed by atoms with E-state index in [2.05, 4.69) is 10.2 Å². The molecule has 0 unspecified atom stereocenters. The minimum atomic E-state index is -0.605. The van der Waals surface area contributed by atoms with Gasteiger partial charge in [-0.3, -0.25) is 9.59 Å². The van der Waals surface area contributed by atoms with Crippen LogP contribution >= 0.6 is 0 Å². The fourth-order valence-electron chi connectivity index (χ4n) is 5.38. The molecule has 0 aliphatic carbocycles. The Morgan fingerprint density at radius 3 is 2.59 bits per heavy atom. The van der Waals surface area contributed by atoms with Crippen molar-refractivity contribution < 1.29 is 18.7 Å². The summed E-state index contributed by atoms with van der Waals surface area (Å²) in [4.78, 5) is 30.3. The third-order valence-corrected chi connectivity index (χ3v) is 7.28. The Balaban J connectivity index is 1.54. The van der Waals surface area contributed by atoms with Crippen molar-refractivity contribution in [2.75, 3.05) is 32.7 Å². The van der Waals surface area contributed by atoms with Crippen molar-refractivity contribution in [3.8, 4) is 5.75 Å². The molecule has 2 aliphatic heterocycles. The van der Waals surface area contributed by atoms with Gasteiger partial charge in [-0.1, -0.05) is 39.0 Å². The van der Waals surface area contributed by atoms with Gasteiger partial charge in [-0.05, 0) is 85.6 Å². The van der Waals surface area contributed by atoms with Crippen molar-refractivity contribution >= 4 is 11.8 Å². The molecule has 37 heavy (non-hydrogen) atoms. The van der Waals surface area contributed by atoms with Crippen molar-refractivity contribution in [2.24, 2.45) is 5.92 Å². The van der Waals surface area contributed by atoms with E-state index >= 15 is 0 Å².